The zero-order valence-corrected chi connectivity index (χ0v) is 10.8. The number of Topliss-reactive ketones (excluding diaryl/α,β-unsaturated/α-hetero) is 2. The number of ketones is 2. The summed E-state index contributed by atoms with van der Waals surface area (Å²) < 4.78 is 4.75. The van der Waals surface area contributed by atoms with E-state index >= 15 is 0 Å². The molecule has 0 aliphatic heterocycles. The van der Waals surface area contributed by atoms with Gasteiger partial charge in [0.15, 0.2) is 11.6 Å². The van der Waals surface area contributed by atoms with Gasteiger partial charge in [0.2, 0.25) is 0 Å². The first kappa shape index (κ1) is 13.7. The van der Waals surface area contributed by atoms with E-state index in [-0.39, 0.29) is 5.76 Å². The second-order valence-electron chi connectivity index (χ2n) is 4.29. The fourth-order valence-corrected chi connectivity index (χ4v) is 1.81. The summed E-state index contributed by atoms with van der Waals surface area (Å²) in [5.41, 5.74) is -1.05. The maximum atomic E-state index is 11.9. The summed E-state index contributed by atoms with van der Waals surface area (Å²) in [6.07, 6.45) is -0.495. The van der Waals surface area contributed by atoms with Crippen molar-refractivity contribution in [2.75, 3.05) is 0 Å². The molecule has 1 heterocycles. The highest BCUT2D eigenvalue weighted by Gasteiger charge is 2.21. The van der Waals surface area contributed by atoms with Crippen LogP contribution in [0, 0.1) is 6.92 Å². The van der Waals surface area contributed by atoms with Crippen LogP contribution in [0.4, 0.5) is 0 Å². The van der Waals surface area contributed by atoms with Crippen LogP contribution in [0.25, 0.3) is 0 Å². The number of hydrogen-bond acceptors (Lipinski definition) is 5. The van der Waals surface area contributed by atoms with Gasteiger partial charge in [-0.1, -0.05) is 30.3 Å². The minimum Gasteiger partial charge on any atom is -0.507 e. The summed E-state index contributed by atoms with van der Waals surface area (Å²) in [7, 11) is 0. The van der Waals surface area contributed by atoms with Gasteiger partial charge in [0.25, 0.3) is 0 Å². The van der Waals surface area contributed by atoms with E-state index in [1.165, 1.54) is 13.0 Å². The topological polar surface area (TPSA) is 84.6 Å². The van der Waals surface area contributed by atoms with E-state index in [9.17, 15) is 19.5 Å². The monoisotopic (exact) mass is 272 g/mol. The van der Waals surface area contributed by atoms with Crippen LogP contribution < -0.4 is 5.63 Å². The van der Waals surface area contributed by atoms with Crippen LogP contribution in [0.5, 0.6) is 5.75 Å². The third-order valence-electron chi connectivity index (χ3n) is 2.75. The van der Waals surface area contributed by atoms with Crippen molar-refractivity contribution in [1.82, 2.24) is 0 Å². The number of rotatable bonds is 4. The van der Waals surface area contributed by atoms with Gasteiger partial charge >= 0.3 is 5.63 Å². The Morgan fingerprint density at radius 1 is 1.15 bits per heavy atom. The van der Waals surface area contributed by atoms with Gasteiger partial charge in [0.1, 0.15) is 17.1 Å². The predicted octanol–water partition coefficient (Wildman–Crippen LogP) is 2.11. The maximum absolute atomic E-state index is 11.9. The molecule has 0 amide bonds. The van der Waals surface area contributed by atoms with Crippen molar-refractivity contribution in [3.05, 3.63) is 63.7 Å². The first-order valence-corrected chi connectivity index (χ1v) is 5.94. The zero-order valence-electron chi connectivity index (χ0n) is 10.8. The second-order valence-corrected chi connectivity index (χ2v) is 4.29. The summed E-state index contributed by atoms with van der Waals surface area (Å²) in [4.78, 5) is 35.4. The summed E-state index contributed by atoms with van der Waals surface area (Å²) in [6, 6.07) is 9.42. The fourth-order valence-electron chi connectivity index (χ4n) is 1.81. The molecular weight excluding hydrogens is 260 g/mol. The molecule has 0 fully saturated rings. The van der Waals surface area contributed by atoms with Gasteiger partial charge < -0.3 is 9.52 Å². The molecule has 5 heteroatoms. The summed E-state index contributed by atoms with van der Waals surface area (Å²) >= 11 is 0. The lowest BCUT2D eigenvalue weighted by Gasteiger charge is -2.03. The standard InChI is InChI=1S/C15H12O5/c1-9-7-12(17)14(15(19)20-9)13(18)8-11(16)10-5-3-2-4-6-10/h2-7,17H,8H2,1H3. The molecule has 0 unspecified atom stereocenters. The molecule has 2 aromatic rings. The van der Waals surface area contributed by atoms with Crippen LogP contribution in [0.1, 0.15) is 32.9 Å². The molecule has 0 saturated carbocycles. The molecule has 0 spiro atoms. The average molecular weight is 272 g/mol. The predicted molar refractivity (Wildman–Crippen MR) is 71.1 cm³/mol. The first-order chi connectivity index (χ1) is 9.49. The van der Waals surface area contributed by atoms with Crippen molar-refractivity contribution >= 4 is 11.6 Å². The van der Waals surface area contributed by atoms with E-state index < -0.39 is 34.9 Å². The van der Waals surface area contributed by atoms with Gasteiger partial charge in [-0.3, -0.25) is 9.59 Å². The van der Waals surface area contributed by atoms with Gasteiger partial charge in [-0.05, 0) is 6.92 Å². The smallest absolute Gasteiger partial charge is 0.350 e. The molecule has 102 valence electrons. The van der Waals surface area contributed by atoms with Crippen LogP contribution in [-0.2, 0) is 0 Å². The molecule has 0 radical (unpaired) electrons. The number of aromatic hydroxyl groups is 1. The highest BCUT2D eigenvalue weighted by Crippen LogP contribution is 2.17. The van der Waals surface area contributed by atoms with Crippen LogP contribution in [-0.4, -0.2) is 16.7 Å². The zero-order chi connectivity index (χ0) is 14.7. The van der Waals surface area contributed by atoms with Crippen LogP contribution >= 0.6 is 0 Å². The number of carbonyl (C=O) groups excluding carboxylic acids is 2. The molecular formula is C15H12O5. The summed E-state index contributed by atoms with van der Waals surface area (Å²) in [5, 5.41) is 9.63. The molecule has 1 aromatic heterocycles. The van der Waals surface area contributed by atoms with Crippen molar-refractivity contribution in [3.8, 4) is 5.75 Å². The van der Waals surface area contributed by atoms with Gasteiger partial charge in [0, 0.05) is 11.6 Å². The Kier molecular flexibility index (Phi) is 3.79. The fraction of sp³-hybridized carbons (Fsp3) is 0.133. The van der Waals surface area contributed by atoms with Crippen molar-refractivity contribution in [2.45, 2.75) is 13.3 Å². The van der Waals surface area contributed by atoms with Gasteiger partial charge in [-0.25, -0.2) is 4.79 Å². The Balaban J connectivity index is 2.26. The van der Waals surface area contributed by atoms with Gasteiger partial charge in [-0.15, -0.1) is 0 Å². The Morgan fingerprint density at radius 3 is 2.40 bits per heavy atom. The van der Waals surface area contributed by atoms with Gasteiger partial charge in [0.05, 0.1) is 6.42 Å². The first-order valence-electron chi connectivity index (χ1n) is 5.94. The molecule has 0 aliphatic rings. The second kappa shape index (κ2) is 5.52. The van der Waals surface area contributed by atoms with Gasteiger partial charge in [-0.2, -0.15) is 0 Å². The molecule has 1 aromatic carbocycles. The molecule has 0 atom stereocenters. The molecule has 0 aliphatic carbocycles. The number of aryl methyl sites for hydroxylation is 1. The third kappa shape index (κ3) is 2.83. The number of benzene rings is 1. The van der Waals surface area contributed by atoms with Crippen LogP contribution in [0.2, 0.25) is 0 Å². The lowest BCUT2D eigenvalue weighted by Crippen LogP contribution is -2.17. The molecule has 20 heavy (non-hydrogen) atoms. The normalized spacial score (nSPS) is 10.2. The molecule has 5 nitrogen and oxygen atoms in total. The Labute approximate surface area is 114 Å². The van der Waals surface area contributed by atoms with Crippen molar-refractivity contribution in [2.24, 2.45) is 0 Å². The van der Waals surface area contributed by atoms with Crippen LogP contribution in [0.15, 0.2) is 45.6 Å². The lowest BCUT2D eigenvalue weighted by molar-refractivity contribution is 0.0890. The molecule has 0 bridgehead atoms. The van der Waals surface area contributed by atoms with E-state index in [1.54, 1.807) is 30.3 Å². The Hall–Kier alpha value is -2.69. The van der Waals surface area contributed by atoms with E-state index in [1.807, 2.05) is 0 Å². The minimum atomic E-state index is -0.937. The minimum absolute atomic E-state index is 0.193. The molecule has 0 saturated heterocycles. The maximum Gasteiger partial charge on any atom is 0.350 e. The van der Waals surface area contributed by atoms with E-state index in [4.69, 9.17) is 4.42 Å². The van der Waals surface area contributed by atoms with E-state index in [0.29, 0.717) is 5.56 Å². The summed E-state index contributed by atoms with van der Waals surface area (Å²) in [6.45, 7) is 1.48. The lowest BCUT2D eigenvalue weighted by atomic mass is 10.0. The van der Waals surface area contributed by atoms with E-state index in [2.05, 4.69) is 0 Å². The third-order valence-corrected chi connectivity index (χ3v) is 2.75. The van der Waals surface area contributed by atoms with E-state index in [0.717, 1.165) is 0 Å². The molecule has 1 N–H and O–H groups in total. The Bertz CT molecular complexity index is 713. The highest BCUT2D eigenvalue weighted by molar-refractivity contribution is 6.14. The SMILES string of the molecule is Cc1cc(O)c(C(=O)CC(=O)c2ccccc2)c(=O)o1. The quantitative estimate of drug-likeness (QED) is 0.680. The number of carbonyl (C=O) groups is 2. The van der Waals surface area contributed by atoms with Crippen molar-refractivity contribution in [3.63, 3.8) is 0 Å². The average Bonchev–Trinajstić information content (AvgIpc) is 2.38. The highest BCUT2D eigenvalue weighted by atomic mass is 16.4. The number of hydrogen-bond donors (Lipinski definition) is 1. The van der Waals surface area contributed by atoms with Crippen LogP contribution in [0.3, 0.4) is 0 Å². The largest absolute Gasteiger partial charge is 0.507 e. The summed E-state index contributed by atoms with van der Waals surface area (Å²) in [5.74, 6) is -1.46. The van der Waals surface area contributed by atoms with Crippen molar-refractivity contribution in [1.29, 1.82) is 0 Å². The van der Waals surface area contributed by atoms with Crippen molar-refractivity contribution < 1.29 is 19.1 Å². The molecule has 2 rings (SSSR count). The Morgan fingerprint density at radius 2 is 1.80 bits per heavy atom.